The van der Waals surface area contributed by atoms with E-state index in [1.165, 1.54) is 11.3 Å². The van der Waals surface area contributed by atoms with Crippen LogP contribution in [-0.4, -0.2) is 9.97 Å². The zero-order valence-corrected chi connectivity index (χ0v) is 11.4. The van der Waals surface area contributed by atoms with E-state index in [0.29, 0.717) is 5.02 Å². The molecule has 1 N–H and O–H groups in total. The summed E-state index contributed by atoms with van der Waals surface area (Å²) in [5, 5.41) is 6.70. The molecule has 3 rings (SSSR count). The highest BCUT2D eigenvalue weighted by molar-refractivity contribution is 7.14. The highest BCUT2D eigenvalue weighted by Gasteiger charge is 2.05. The predicted molar refractivity (Wildman–Crippen MR) is 80.1 cm³/mol. The zero-order chi connectivity index (χ0) is 13.1. The summed E-state index contributed by atoms with van der Waals surface area (Å²) in [6.07, 6.45) is 1.74. The van der Waals surface area contributed by atoms with Gasteiger partial charge in [-0.1, -0.05) is 29.8 Å². The molecule has 3 nitrogen and oxygen atoms in total. The van der Waals surface area contributed by atoms with Crippen LogP contribution in [-0.2, 0) is 0 Å². The highest BCUT2D eigenvalue weighted by Crippen LogP contribution is 2.27. The van der Waals surface area contributed by atoms with Gasteiger partial charge in [0, 0.05) is 22.2 Å². The van der Waals surface area contributed by atoms with Crippen molar-refractivity contribution in [3.8, 4) is 11.3 Å². The number of aromatic nitrogens is 2. The first-order chi connectivity index (χ1) is 9.31. The number of anilines is 2. The number of pyridine rings is 1. The average Bonchev–Trinajstić information content (AvgIpc) is 2.88. The quantitative estimate of drug-likeness (QED) is 0.765. The molecule has 0 spiro atoms. The third-order valence-corrected chi connectivity index (χ3v) is 3.52. The first-order valence-electron chi connectivity index (χ1n) is 5.71. The third-order valence-electron chi connectivity index (χ3n) is 2.52. The molecule has 0 aliphatic heterocycles. The number of hydrogen-bond donors (Lipinski definition) is 1. The molecule has 2 heterocycles. The molecule has 1 aromatic carbocycles. The second-order valence-corrected chi connectivity index (χ2v) is 5.18. The van der Waals surface area contributed by atoms with Gasteiger partial charge in [-0.05, 0) is 24.3 Å². The molecule has 0 amide bonds. The van der Waals surface area contributed by atoms with E-state index in [4.69, 9.17) is 11.6 Å². The minimum absolute atomic E-state index is 0.713. The van der Waals surface area contributed by atoms with E-state index in [1.807, 2.05) is 47.8 Å². The van der Waals surface area contributed by atoms with Crippen molar-refractivity contribution in [1.82, 2.24) is 9.97 Å². The van der Waals surface area contributed by atoms with E-state index in [0.717, 1.165) is 22.2 Å². The van der Waals surface area contributed by atoms with Crippen LogP contribution in [0.2, 0.25) is 5.02 Å². The van der Waals surface area contributed by atoms with Gasteiger partial charge in [-0.3, -0.25) is 0 Å². The van der Waals surface area contributed by atoms with Gasteiger partial charge in [0.1, 0.15) is 5.82 Å². The van der Waals surface area contributed by atoms with E-state index < -0.39 is 0 Å². The van der Waals surface area contributed by atoms with Gasteiger partial charge in [0.05, 0.1) is 5.69 Å². The number of nitrogens with zero attached hydrogens (tertiary/aromatic N) is 2. The van der Waals surface area contributed by atoms with Crippen LogP contribution in [0.5, 0.6) is 0 Å². The molecule has 0 saturated carbocycles. The molecular weight excluding hydrogens is 278 g/mol. The fourth-order valence-corrected chi connectivity index (χ4v) is 2.57. The van der Waals surface area contributed by atoms with Crippen molar-refractivity contribution < 1.29 is 0 Å². The molecule has 19 heavy (non-hydrogen) atoms. The molecule has 0 unspecified atom stereocenters. The number of benzene rings is 1. The Hall–Kier alpha value is -1.91. The summed E-state index contributed by atoms with van der Waals surface area (Å²) in [6.45, 7) is 0. The topological polar surface area (TPSA) is 37.8 Å². The van der Waals surface area contributed by atoms with Crippen molar-refractivity contribution in [3.05, 3.63) is 59.1 Å². The monoisotopic (exact) mass is 287 g/mol. The Bertz CT molecular complexity index is 682. The molecular formula is C14H10ClN3S. The standard InChI is InChI=1S/C14H10ClN3S/c15-11-5-3-4-10(8-11)12-9-19-14(17-12)18-13-6-1-2-7-16-13/h1-9H,(H,16,17,18). The van der Waals surface area contributed by atoms with E-state index in [-0.39, 0.29) is 0 Å². The molecule has 0 bridgehead atoms. The van der Waals surface area contributed by atoms with Gasteiger partial charge in [0.15, 0.2) is 5.13 Å². The maximum atomic E-state index is 5.98. The molecule has 0 atom stereocenters. The van der Waals surface area contributed by atoms with Crippen LogP contribution in [0.3, 0.4) is 0 Å². The van der Waals surface area contributed by atoms with Crippen molar-refractivity contribution in [3.63, 3.8) is 0 Å². The predicted octanol–water partition coefficient (Wildman–Crippen LogP) is 4.60. The molecule has 94 valence electrons. The number of halogens is 1. The summed E-state index contributed by atoms with van der Waals surface area (Å²) in [6, 6.07) is 13.4. The Balaban J connectivity index is 1.84. The van der Waals surface area contributed by atoms with Crippen molar-refractivity contribution in [2.75, 3.05) is 5.32 Å². The Morgan fingerprint density at radius 1 is 1.11 bits per heavy atom. The van der Waals surface area contributed by atoms with Crippen LogP contribution < -0.4 is 5.32 Å². The Morgan fingerprint density at radius 2 is 2.05 bits per heavy atom. The van der Waals surface area contributed by atoms with Gasteiger partial charge in [0.2, 0.25) is 0 Å². The Labute approximate surface area is 119 Å². The first kappa shape index (κ1) is 12.1. The molecule has 0 radical (unpaired) electrons. The largest absolute Gasteiger partial charge is 0.316 e. The molecule has 3 aromatic rings. The van der Waals surface area contributed by atoms with Crippen molar-refractivity contribution in [2.24, 2.45) is 0 Å². The molecule has 0 aliphatic rings. The maximum absolute atomic E-state index is 5.98. The van der Waals surface area contributed by atoms with Crippen LogP contribution in [0.4, 0.5) is 10.9 Å². The normalized spacial score (nSPS) is 10.4. The molecule has 0 aliphatic carbocycles. The van der Waals surface area contributed by atoms with Gasteiger partial charge in [-0.2, -0.15) is 0 Å². The molecule has 2 aromatic heterocycles. The number of hydrogen-bond acceptors (Lipinski definition) is 4. The highest BCUT2D eigenvalue weighted by atomic mass is 35.5. The van der Waals surface area contributed by atoms with Crippen LogP contribution in [0, 0.1) is 0 Å². The lowest BCUT2D eigenvalue weighted by molar-refractivity contribution is 1.29. The van der Waals surface area contributed by atoms with E-state index in [2.05, 4.69) is 15.3 Å². The summed E-state index contributed by atoms with van der Waals surface area (Å²) < 4.78 is 0. The van der Waals surface area contributed by atoms with Crippen molar-refractivity contribution >= 4 is 33.9 Å². The van der Waals surface area contributed by atoms with Crippen LogP contribution in [0.25, 0.3) is 11.3 Å². The Kier molecular flexibility index (Phi) is 3.44. The van der Waals surface area contributed by atoms with Gasteiger partial charge >= 0.3 is 0 Å². The molecule has 0 fully saturated rings. The van der Waals surface area contributed by atoms with E-state index in [9.17, 15) is 0 Å². The minimum Gasteiger partial charge on any atom is -0.316 e. The van der Waals surface area contributed by atoms with Crippen molar-refractivity contribution in [1.29, 1.82) is 0 Å². The summed E-state index contributed by atoms with van der Waals surface area (Å²) in [5.41, 5.74) is 1.92. The van der Waals surface area contributed by atoms with Crippen LogP contribution in [0.15, 0.2) is 54.0 Å². The average molecular weight is 288 g/mol. The van der Waals surface area contributed by atoms with Crippen LogP contribution in [0.1, 0.15) is 0 Å². The van der Waals surface area contributed by atoms with E-state index >= 15 is 0 Å². The number of rotatable bonds is 3. The summed E-state index contributed by atoms with van der Waals surface area (Å²) in [7, 11) is 0. The van der Waals surface area contributed by atoms with Gasteiger partial charge in [-0.25, -0.2) is 9.97 Å². The fourth-order valence-electron chi connectivity index (χ4n) is 1.66. The smallest absolute Gasteiger partial charge is 0.188 e. The summed E-state index contributed by atoms with van der Waals surface area (Å²) in [4.78, 5) is 8.73. The van der Waals surface area contributed by atoms with Crippen molar-refractivity contribution in [2.45, 2.75) is 0 Å². The fraction of sp³-hybridized carbons (Fsp3) is 0. The second kappa shape index (κ2) is 5.38. The third kappa shape index (κ3) is 2.92. The second-order valence-electron chi connectivity index (χ2n) is 3.89. The van der Waals surface area contributed by atoms with E-state index in [1.54, 1.807) is 6.20 Å². The Morgan fingerprint density at radius 3 is 2.84 bits per heavy atom. The SMILES string of the molecule is Clc1cccc(-c2csc(Nc3ccccn3)n2)c1. The summed E-state index contributed by atoms with van der Waals surface area (Å²) in [5.74, 6) is 0.787. The van der Waals surface area contributed by atoms with Gasteiger partial charge in [-0.15, -0.1) is 11.3 Å². The maximum Gasteiger partial charge on any atom is 0.188 e. The van der Waals surface area contributed by atoms with Crippen LogP contribution >= 0.6 is 22.9 Å². The van der Waals surface area contributed by atoms with Gasteiger partial charge < -0.3 is 5.32 Å². The molecule has 0 saturated heterocycles. The zero-order valence-electron chi connectivity index (χ0n) is 9.88. The lowest BCUT2D eigenvalue weighted by atomic mass is 10.2. The molecule has 5 heteroatoms. The first-order valence-corrected chi connectivity index (χ1v) is 6.96. The summed E-state index contributed by atoms with van der Waals surface area (Å²) >= 11 is 7.52. The lowest BCUT2D eigenvalue weighted by Crippen LogP contribution is -1.91. The number of nitrogens with one attached hydrogen (secondary N) is 1. The lowest BCUT2D eigenvalue weighted by Gasteiger charge is -2.00. The van der Waals surface area contributed by atoms with Gasteiger partial charge in [0.25, 0.3) is 0 Å². The number of thiazole rings is 1. The minimum atomic E-state index is 0.713.